The largest absolute Gasteiger partial charge is 0.351 e. The predicted octanol–water partition coefficient (Wildman–Crippen LogP) is 1.54. The number of rotatable bonds is 3. The van der Waals surface area contributed by atoms with E-state index in [1.54, 1.807) is 29.4 Å². The molecule has 0 N–H and O–H groups in total. The van der Waals surface area contributed by atoms with Crippen LogP contribution < -0.4 is 4.90 Å². The number of anilines is 1. The summed E-state index contributed by atoms with van der Waals surface area (Å²) in [7, 11) is 0. The fourth-order valence-corrected chi connectivity index (χ4v) is 2.66. The van der Waals surface area contributed by atoms with Crippen molar-refractivity contribution in [2.45, 2.75) is 13.3 Å². The number of hydrogen-bond acceptors (Lipinski definition) is 5. The monoisotopic (exact) mass is 315 g/mol. The second-order valence-corrected chi connectivity index (χ2v) is 5.33. The van der Waals surface area contributed by atoms with E-state index in [4.69, 9.17) is 0 Å². The van der Waals surface area contributed by atoms with Gasteiger partial charge in [0.15, 0.2) is 11.6 Å². The molecule has 23 heavy (non-hydrogen) atoms. The Labute approximate surface area is 134 Å². The van der Waals surface area contributed by atoms with E-state index in [1.807, 2.05) is 11.8 Å². The van der Waals surface area contributed by atoms with Crippen LogP contribution >= 0.6 is 0 Å². The second-order valence-electron chi connectivity index (χ2n) is 5.33. The summed E-state index contributed by atoms with van der Waals surface area (Å²) in [4.78, 5) is 28.0. The third-order valence-electron chi connectivity index (χ3n) is 3.95. The molecule has 7 heteroatoms. The van der Waals surface area contributed by atoms with Gasteiger partial charge in [-0.05, 0) is 18.6 Å². The average molecular weight is 315 g/mol. The van der Waals surface area contributed by atoms with Crippen molar-refractivity contribution in [3.8, 4) is 0 Å². The topological polar surface area (TPSA) is 62.2 Å². The number of halogens is 1. The summed E-state index contributed by atoms with van der Waals surface area (Å²) < 4.78 is 14.3. The predicted molar refractivity (Wildman–Crippen MR) is 83.7 cm³/mol. The van der Waals surface area contributed by atoms with E-state index in [0.717, 1.165) is 0 Å². The van der Waals surface area contributed by atoms with Crippen LogP contribution in [0.2, 0.25) is 0 Å². The first-order valence-electron chi connectivity index (χ1n) is 7.64. The molecule has 0 radical (unpaired) electrons. The molecule has 120 valence electrons. The van der Waals surface area contributed by atoms with Gasteiger partial charge in [0.05, 0.1) is 11.3 Å². The Morgan fingerprint density at radius 2 is 2.04 bits per heavy atom. The first kappa shape index (κ1) is 15.3. The molecule has 2 aromatic heterocycles. The van der Waals surface area contributed by atoms with Gasteiger partial charge in [-0.25, -0.2) is 14.4 Å². The third-order valence-corrected chi connectivity index (χ3v) is 3.95. The lowest BCUT2D eigenvalue weighted by molar-refractivity contribution is 0.0746. The lowest BCUT2D eigenvalue weighted by Crippen LogP contribution is -2.49. The highest BCUT2D eigenvalue weighted by Gasteiger charge is 2.25. The molecule has 1 fully saturated rings. The Morgan fingerprint density at radius 1 is 1.26 bits per heavy atom. The van der Waals surface area contributed by atoms with Crippen molar-refractivity contribution in [2.24, 2.45) is 0 Å². The summed E-state index contributed by atoms with van der Waals surface area (Å²) in [6, 6.07) is 3.49. The first-order chi connectivity index (χ1) is 11.2. The summed E-state index contributed by atoms with van der Waals surface area (Å²) in [6.45, 7) is 4.00. The molecule has 0 unspecified atom stereocenters. The van der Waals surface area contributed by atoms with Gasteiger partial charge in [-0.15, -0.1) is 0 Å². The smallest absolute Gasteiger partial charge is 0.255 e. The SMILES string of the molecule is CCc1ncnc(N2CCN(C(=O)c3cccnc3)CC2)c1F. The van der Waals surface area contributed by atoms with E-state index in [2.05, 4.69) is 15.0 Å². The standard InChI is InChI=1S/C16H18FN5O/c1-2-13-14(17)15(20-11-19-13)21-6-8-22(9-7-21)16(23)12-4-3-5-18-10-12/h3-5,10-11H,2,6-9H2,1H3. The maximum atomic E-state index is 14.3. The quantitative estimate of drug-likeness (QED) is 0.860. The molecule has 6 nitrogen and oxygen atoms in total. The van der Waals surface area contributed by atoms with E-state index in [0.29, 0.717) is 49.7 Å². The van der Waals surface area contributed by atoms with Gasteiger partial charge in [0.1, 0.15) is 6.33 Å². The minimum atomic E-state index is -0.359. The average Bonchev–Trinajstić information content (AvgIpc) is 2.62. The molecular formula is C16H18FN5O. The molecule has 0 bridgehead atoms. The molecular weight excluding hydrogens is 297 g/mol. The number of hydrogen-bond donors (Lipinski definition) is 0. The molecule has 0 aliphatic carbocycles. The molecule has 1 saturated heterocycles. The number of piperazine rings is 1. The van der Waals surface area contributed by atoms with Gasteiger partial charge in [-0.3, -0.25) is 9.78 Å². The number of aromatic nitrogens is 3. The highest BCUT2D eigenvalue weighted by molar-refractivity contribution is 5.94. The molecule has 0 saturated carbocycles. The van der Waals surface area contributed by atoms with E-state index >= 15 is 0 Å². The van der Waals surface area contributed by atoms with Crippen LogP contribution in [-0.4, -0.2) is 51.9 Å². The van der Waals surface area contributed by atoms with Crippen molar-refractivity contribution in [3.05, 3.63) is 47.9 Å². The van der Waals surface area contributed by atoms with E-state index in [1.165, 1.54) is 6.33 Å². The van der Waals surface area contributed by atoms with Crippen molar-refractivity contribution >= 4 is 11.7 Å². The Balaban J connectivity index is 1.68. The molecule has 0 atom stereocenters. The fourth-order valence-electron chi connectivity index (χ4n) is 2.66. The Bertz CT molecular complexity index is 686. The zero-order chi connectivity index (χ0) is 16.2. The molecule has 2 aromatic rings. The number of carbonyl (C=O) groups excluding carboxylic acids is 1. The van der Waals surface area contributed by atoms with Gasteiger partial charge in [0, 0.05) is 38.6 Å². The van der Waals surface area contributed by atoms with E-state index in [9.17, 15) is 9.18 Å². The van der Waals surface area contributed by atoms with E-state index < -0.39 is 0 Å². The summed E-state index contributed by atoms with van der Waals surface area (Å²) in [5.41, 5.74) is 0.992. The maximum Gasteiger partial charge on any atom is 0.255 e. The van der Waals surface area contributed by atoms with Crippen LogP contribution in [0.25, 0.3) is 0 Å². The van der Waals surface area contributed by atoms with Crippen molar-refractivity contribution in [1.82, 2.24) is 19.9 Å². The zero-order valence-electron chi connectivity index (χ0n) is 12.9. The Kier molecular flexibility index (Phi) is 4.45. The molecule has 3 rings (SSSR count). The maximum absolute atomic E-state index is 14.3. The Hall–Kier alpha value is -2.57. The number of aryl methyl sites for hydroxylation is 1. The van der Waals surface area contributed by atoms with Crippen LogP contribution in [0.1, 0.15) is 23.0 Å². The van der Waals surface area contributed by atoms with Gasteiger partial charge in [0.2, 0.25) is 0 Å². The van der Waals surface area contributed by atoms with Crippen LogP contribution in [0.3, 0.4) is 0 Å². The van der Waals surface area contributed by atoms with Gasteiger partial charge < -0.3 is 9.80 Å². The summed E-state index contributed by atoms with van der Waals surface area (Å²) in [5.74, 6) is -0.0810. The van der Waals surface area contributed by atoms with Crippen molar-refractivity contribution in [2.75, 3.05) is 31.1 Å². The number of carbonyl (C=O) groups is 1. The molecule has 3 heterocycles. The van der Waals surface area contributed by atoms with Gasteiger partial charge >= 0.3 is 0 Å². The second kappa shape index (κ2) is 6.68. The number of amides is 1. The molecule has 1 aliphatic rings. The lowest BCUT2D eigenvalue weighted by Gasteiger charge is -2.35. The molecule has 0 spiro atoms. The van der Waals surface area contributed by atoms with Gasteiger partial charge in [-0.1, -0.05) is 6.92 Å². The fraction of sp³-hybridized carbons (Fsp3) is 0.375. The summed E-state index contributed by atoms with van der Waals surface area (Å²) in [5, 5.41) is 0. The summed E-state index contributed by atoms with van der Waals surface area (Å²) >= 11 is 0. The zero-order valence-corrected chi connectivity index (χ0v) is 12.9. The Morgan fingerprint density at radius 3 is 2.70 bits per heavy atom. The molecule has 0 aromatic carbocycles. The van der Waals surface area contributed by atoms with Crippen LogP contribution in [0, 0.1) is 5.82 Å². The highest BCUT2D eigenvalue weighted by atomic mass is 19.1. The van der Waals surface area contributed by atoms with Gasteiger partial charge in [-0.2, -0.15) is 0 Å². The lowest BCUT2D eigenvalue weighted by atomic mass is 10.2. The third kappa shape index (κ3) is 3.13. The highest BCUT2D eigenvalue weighted by Crippen LogP contribution is 2.20. The number of pyridine rings is 1. The van der Waals surface area contributed by atoms with Gasteiger partial charge in [0.25, 0.3) is 5.91 Å². The first-order valence-corrected chi connectivity index (χ1v) is 7.64. The van der Waals surface area contributed by atoms with Crippen LogP contribution in [0.5, 0.6) is 0 Å². The molecule has 1 amide bonds. The van der Waals surface area contributed by atoms with E-state index in [-0.39, 0.29) is 11.7 Å². The van der Waals surface area contributed by atoms with Crippen LogP contribution in [0.4, 0.5) is 10.2 Å². The van der Waals surface area contributed by atoms with Crippen LogP contribution in [0.15, 0.2) is 30.9 Å². The number of nitrogens with zero attached hydrogens (tertiary/aromatic N) is 5. The van der Waals surface area contributed by atoms with Crippen molar-refractivity contribution in [1.29, 1.82) is 0 Å². The van der Waals surface area contributed by atoms with Crippen molar-refractivity contribution < 1.29 is 9.18 Å². The van der Waals surface area contributed by atoms with Crippen molar-refractivity contribution in [3.63, 3.8) is 0 Å². The molecule has 1 aliphatic heterocycles. The minimum absolute atomic E-state index is 0.0462. The van der Waals surface area contributed by atoms with Crippen LogP contribution in [-0.2, 0) is 6.42 Å². The minimum Gasteiger partial charge on any atom is -0.351 e. The normalized spacial score (nSPS) is 14.9. The summed E-state index contributed by atoms with van der Waals surface area (Å²) in [6.07, 6.45) is 5.12.